The summed E-state index contributed by atoms with van der Waals surface area (Å²) >= 11 is 0. The smallest absolute Gasteiger partial charge is 0.408 e. The second-order valence-electron chi connectivity index (χ2n) is 6.92. The zero-order valence-corrected chi connectivity index (χ0v) is 14.7. The van der Waals surface area contributed by atoms with E-state index in [2.05, 4.69) is 15.3 Å². The van der Waals surface area contributed by atoms with E-state index < -0.39 is 12.1 Å². The van der Waals surface area contributed by atoms with Gasteiger partial charge in [-0.05, 0) is 43.2 Å². The van der Waals surface area contributed by atoms with Crippen LogP contribution in [0.15, 0.2) is 35.4 Å². The van der Waals surface area contributed by atoms with Gasteiger partial charge in [0.05, 0.1) is 0 Å². The highest BCUT2D eigenvalue weighted by Gasteiger charge is 2.46. The number of amides is 2. The molecule has 2 aliphatic heterocycles. The second-order valence-corrected chi connectivity index (χ2v) is 6.92. The predicted molar refractivity (Wildman–Crippen MR) is 95.0 cm³/mol. The van der Waals surface area contributed by atoms with Gasteiger partial charge >= 0.3 is 6.09 Å². The molecule has 1 aromatic rings. The van der Waals surface area contributed by atoms with Gasteiger partial charge in [0.15, 0.2) is 0 Å². The molecular formula is C18H23N5O3. The number of carbonyl (C=O) groups excluding carboxylic acids is 2. The maximum atomic E-state index is 12.9. The van der Waals surface area contributed by atoms with Crippen molar-refractivity contribution < 1.29 is 14.3 Å². The van der Waals surface area contributed by atoms with Gasteiger partial charge in [0, 0.05) is 23.5 Å². The van der Waals surface area contributed by atoms with E-state index in [-0.39, 0.29) is 37.1 Å². The van der Waals surface area contributed by atoms with Crippen molar-refractivity contribution in [2.75, 3.05) is 6.54 Å². The molecule has 2 aliphatic rings. The Balaban J connectivity index is 1.66. The summed E-state index contributed by atoms with van der Waals surface area (Å²) in [7, 11) is 0. The van der Waals surface area contributed by atoms with Gasteiger partial charge in [-0.3, -0.25) is 4.79 Å². The van der Waals surface area contributed by atoms with Crippen molar-refractivity contribution in [2.24, 2.45) is 11.0 Å². The number of fused-ring (bicyclic) bond motifs is 1. The minimum Gasteiger partial charge on any atom is -0.445 e. The summed E-state index contributed by atoms with van der Waals surface area (Å²) in [5.41, 5.74) is 9.49. The molecule has 1 aromatic carbocycles. The van der Waals surface area contributed by atoms with Crippen LogP contribution in [0, 0.1) is 5.92 Å². The number of ether oxygens (including phenoxy) is 1. The summed E-state index contributed by atoms with van der Waals surface area (Å²) in [5, 5.41) is 6.33. The van der Waals surface area contributed by atoms with Gasteiger partial charge in [-0.25, -0.2) is 4.79 Å². The average molecular weight is 357 g/mol. The Morgan fingerprint density at radius 1 is 1.38 bits per heavy atom. The molecule has 2 saturated heterocycles. The van der Waals surface area contributed by atoms with Gasteiger partial charge in [0.25, 0.3) is 0 Å². The fourth-order valence-electron chi connectivity index (χ4n) is 3.94. The van der Waals surface area contributed by atoms with Crippen molar-refractivity contribution in [3.8, 4) is 0 Å². The number of piperidine rings is 1. The SMILES string of the molecule is C[C@@H]1CC[C@@H]2C[C@H](CN=[N+]=[N-])[C@H](NC(=O)OCc3ccccc3)C(=O)N21. The van der Waals surface area contributed by atoms with E-state index in [0.29, 0.717) is 0 Å². The number of hydrogen-bond donors (Lipinski definition) is 1. The largest absolute Gasteiger partial charge is 0.445 e. The fraction of sp³-hybridized carbons (Fsp3) is 0.556. The van der Waals surface area contributed by atoms with Crippen LogP contribution >= 0.6 is 0 Å². The van der Waals surface area contributed by atoms with Crippen molar-refractivity contribution >= 4 is 12.0 Å². The average Bonchev–Trinajstić information content (AvgIpc) is 3.02. The minimum atomic E-state index is -0.722. The number of alkyl carbamates (subject to hydrolysis) is 1. The highest BCUT2D eigenvalue weighted by Crippen LogP contribution is 2.35. The van der Waals surface area contributed by atoms with E-state index in [1.807, 2.05) is 42.2 Å². The van der Waals surface area contributed by atoms with Gasteiger partial charge < -0.3 is 15.0 Å². The van der Waals surface area contributed by atoms with Crippen LogP contribution in [0.3, 0.4) is 0 Å². The Morgan fingerprint density at radius 2 is 2.15 bits per heavy atom. The Hall–Kier alpha value is -2.73. The van der Waals surface area contributed by atoms with Gasteiger partial charge in [0.2, 0.25) is 5.91 Å². The van der Waals surface area contributed by atoms with Crippen LogP contribution in [-0.2, 0) is 16.1 Å². The molecule has 0 saturated carbocycles. The molecular weight excluding hydrogens is 334 g/mol. The first-order chi connectivity index (χ1) is 12.6. The molecule has 26 heavy (non-hydrogen) atoms. The summed E-state index contributed by atoms with van der Waals surface area (Å²) in [6.45, 7) is 2.35. The molecule has 0 bridgehead atoms. The van der Waals surface area contributed by atoms with Crippen molar-refractivity contribution in [2.45, 2.75) is 50.9 Å². The molecule has 2 heterocycles. The quantitative estimate of drug-likeness (QED) is 0.497. The molecule has 0 aliphatic carbocycles. The van der Waals surface area contributed by atoms with E-state index >= 15 is 0 Å². The lowest BCUT2D eigenvalue weighted by molar-refractivity contribution is -0.141. The summed E-state index contributed by atoms with van der Waals surface area (Å²) in [5.74, 6) is -0.324. The molecule has 0 spiro atoms. The third-order valence-corrected chi connectivity index (χ3v) is 5.22. The van der Waals surface area contributed by atoms with E-state index in [4.69, 9.17) is 10.3 Å². The molecule has 0 radical (unpaired) electrons. The van der Waals surface area contributed by atoms with E-state index in [1.54, 1.807) is 0 Å². The Bertz CT molecular complexity index is 704. The van der Waals surface area contributed by atoms with Crippen molar-refractivity contribution in [3.05, 3.63) is 46.3 Å². The number of carbonyl (C=O) groups is 2. The number of nitrogens with one attached hydrogen (secondary N) is 1. The van der Waals surface area contributed by atoms with Gasteiger partial charge in [-0.15, -0.1) is 0 Å². The van der Waals surface area contributed by atoms with Crippen molar-refractivity contribution in [3.63, 3.8) is 0 Å². The van der Waals surface area contributed by atoms with Crippen molar-refractivity contribution in [1.29, 1.82) is 0 Å². The highest BCUT2D eigenvalue weighted by molar-refractivity contribution is 5.87. The van der Waals surface area contributed by atoms with Gasteiger partial charge in [-0.1, -0.05) is 35.4 Å². The number of nitrogens with zero attached hydrogens (tertiary/aromatic N) is 4. The fourth-order valence-corrected chi connectivity index (χ4v) is 3.94. The second kappa shape index (κ2) is 8.10. The summed E-state index contributed by atoms with van der Waals surface area (Å²) in [6.07, 6.45) is 1.99. The third-order valence-electron chi connectivity index (χ3n) is 5.22. The lowest BCUT2D eigenvalue weighted by Gasteiger charge is -2.41. The Morgan fingerprint density at radius 3 is 2.88 bits per heavy atom. The summed E-state index contributed by atoms with van der Waals surface area (Å²) < 4.78 is 5.25. The first-order valence-corrected chi connectivity index (χ1v) is 8.90. The normalized spacial score (nSPS) is 27.4. The maximum Gasteiger partial charge on any atom is 0.408 e. The van der Waals surface area contributed by atoms with Crippen LogP contribution in [0.25, 0.3) is 10.4 Å². The number of hydrogen-bond acceptors (Lipinski definition) is 4. The molecule has 2 fully saturated rings. The molecule has 138 valence electrons. The zero-order chi connectivity index (χ0) is 18.5. The molecule has 0 aromatic heterocycles. The molecule has 2 amide bonds. The van der Waals surface area contributed by atoms with Crippen molar-refractivity contribution in [1.82, 2.24) is 10.2 Å². The van der Waals surface area contributed by atoms with Crippen LogP contribution in [-0.4, -0.2) is 41.6 Å². The minimum absolute atomic E-state index is 0.110. The summed E-state index contributed by atoms with van der Waals surface area (Å²) in [4.78, 5) is 29.8. The molecule has 8 nitrogen and oxygen atoms in total. The highest BCUT2D eigenvalue weighted by atomic mass is 16.5. The first kappa shape index (κ1) is 18.1. The van der Waals surface area contributed by atoms with Crippen LogP contribution in [0.1, 0.15) is 31.7 Å². The molecule has 3 rings (SSSR count). The molecule has 0 unspecified atom stereocenters. The van der Waals surface area contributed by atoms with Crippen LogP contribution < -0.4 is 5.32 Å². The van der Waals surface area contributed by atoms with Crippen LogP contribution in [0.2, 0.25) is 0 Å². The van der Waals surface area contributed by atoms with E-state index in [0.717, 1.165) is 24.8 Å². The third kappa shape index (κ3) is 3.91. The number of azide groups is 1. The topological polar surface area (TPSA) is 107 Å². The Labute approximate surface area is 152 Å². The Kier molecular flexibility index (Phi) is 5.63. The molecule has 1 N–H and O–H groups in total. The van der Waals surface area contributed by atoms with E-state index in [9.17, 15) is 9.59 Å². The van der Waals surface area contributed by atoms with Crippen LogP contribution in [0.4, 0.5) is 4.79 Å². The molecule has 4 atom stereocenters. The lowest BCUT2D eigenvalue weighted by Crippen LogP contribution is -2.60. The maximum absolute atomic E-state index is 12.9. The zero-order valence-electron chi connectivity index (χ0n) is 14.7. The standard InChI is InChI=1S/C18H23N5O3/c1-12-7-8-15-9-14(10-20-22-19)16(17(24)23(12)15)21-18(25)26-11-13-5-3-2-4-6-13/h2-6,12,14-16H,7-11H2,1H3,(H,21,25)/t12-,14-,15-,16+/m1/s1. The number of rotatable bonds is 5. The lowest BCUT2D eigenvalue weighted by atomic mass is 9.86. The van der Waals surface area contributed by atoms with Crippen LogP contribution in [0.5, 0.6) is 0 Å². The number of benzene rings is 1. The first-order valence-electron chi connectivity index (χ1n) is 8.90. The monoisotopic (exact) mass is 357 g/mol. The van der Waals surface area contributed by atoms with Gasteiger partial charge in [0.1, 0.15) is 12.6 Å². The van der Waals surface area contributed by atoms with Gasteiger partial charge in [-0.2, -0.15) is 0 Å². The van der Waals surface area contributed by atoms with E-state index in [1.165, 1.54) is 0 Å². The molecule has 8 heteroatoms. The predicted octanol–water partition coefficient (Wildman–Crippen LogP) is 2.99. The summed E-state index contributed by atoms with van der Waals surface area (Å²) in [6, 6.07) is 8.95.